The van der Waals surface area contributed by atoms with E-state index in [0.29, 0.717) is 6.61 Å². The standard InChI is InChI=1S/C10H13BrN2O2/c1-3-15-10(14)7-13(2)9-5-4-8(11)6-12-9/h4-6H,3,7H2,1-2H3. The van der Waals surface area contributed by atoms with Gasteiger partial charge in [-0.3, -0.25) is 4.79 Å². The summed E-state index contributed by atoms with van der Waals surface area (Å²) in [5.74, 6) is 0.496. The summed E-state index contributed by atoms with van der Waals surface area (Å²) in [5, 5.41) is 0. The molecule has 0 saturated heterocycles. The summed E-state index contributed by atoms with van der Waals surface area (Å²) in [6.45, 7) is 2.40. The van der Waals surface area contributed by atoms with Crippen LogP contribution in [0, 0.1) is 0 Å². The molecule has 0 aliphatic heterocycles. The van der Waals surface area contributed by atoms with Crippen LogP contribution in [0.5, 0.6) is 0 Å². The van der Waals surface area contributed by atoms with Crippen LogP contribution >= 0.6 is 15.9 Å². The number of ether oxygens (including phenoxy) is 1. The van der Waals surface area contributed by atoms with E-state index in [4.69, 9.17) is 4.74 Å². The maximum atomic E-state index is 11.2. The summed E-state index contributed by atoms with van der Waals surface area (Å²) in [4.78, 5) is 17.1. The minimum Gasteiger partial charge on any atom is -0.465 e. The van der Waals surface area contributed by atoms with E-state index in [1.54, 1.807) is 25.1 Å². The number of carbonyl (C=O) groups is 1. The second kappa shape index (κ2) is 5.70. The summed E-state index contributed by atoms with van der Waals surface area (Å²) in [5.41, 5.74) is 0. The van der Waals surface area contributed by atoms with Crippen LogP contribution in [0.25, 0.3) is 0 Å². The Bertz CT molecular complexity index is 327. The number of nitrogens with zero attached hydrogens (tertiary/aromatic N) is 2. The maximum absolute atomic E-state index is 11.2. The highest BCUT2D eigenvalue weighted by molar-refractivity contribution is 9.10. The Kier molecular flexibility index (Phi) is 4.55. The van der Waals surface area contributed by atoms with E-state index in [9.17, 15) is 4.79 Å². The monoisotopic (exact) mass is 272 g/mol. The van der Waals surface area contributed by atoms with Crippen LogP contribution in [0.2, 0.25) is 0 Å². The molecule has 1 rings (SSSR count). The van der Waals surface area contributed by atoms with Crippen LogP contribution in [-0.4, -0.2) is 31.2 Å². The van der Waals surface area contributed by atoms with Gasteiger partial charge in [-0.15, -0.1) is 0 Å². The SMILES string of the molecule is CCOC(=O)CN(C)c1ccc(Br)cn1. The number of esters is 1. The van der Waals surface area contributed by atoms with Crippen molar-refractivity contribution in [3.8, 4) is 0 Å². The summed E-state index contributed by atoms with van der Waals surface area (Å²) < 4.78 is 5.75. The van der Waals surface area contributed by atoms with Crippen molar-refractivity contribution in [2.75, 3.05) is 25.1 Å². The lowest BCUT2D eigenvalue weighted by molar-refractivity contribution is -0.141. The highest BCUT2D eigenvalue weighted by Crippen LogP contribution is 2.13. The number of halogens is 1. The van der Waals surface area contributed by atoms with Crippen LogP contribution in [-0.2, 0) is 9.53 Å². The molecule has 0 N–H and O–H groups in total. The third-order valence-corrected chi connectivity index (χ3v) is 2.24. The number of anilines is 1. The third-order valence-electron chi connectivity index (χ3n) is 1.77. The van der Waals surface area contributed by atoms with Crippen molar-refractivity contribution in [3.05, 3.63) is 22.8 Å². The van der Waals surface area contributed by atoms with Gasteiger partial charge >= 0.3 is 5.97 Å². The molecule has 5 heteroatoms. The molecule has 0 radical (unpaired) electrons. The number of carbonyl (C=O) groups excluding carboxylic acids is 1. The summed E-state index contributed by atoms with van der Waals surface area (Å²) >= 11 is 3.30. The van der Waals surface area contributed by atoms with Gasteiger partial charge in [0.15, 0.2) is 0 Å². The van der Waals surface area contributed by atoms with Crippen molar-refractivity contribution < 1.29 is 9.53 Å². The van der Waals surface area contributed by atoms with Crippen LogP contribution in [0.1, 0.15) is 6.92 Å². The fourth-order valence-electron chi connectivity index (χ4n) is 1.08. The van der Waals surface area contributed by atoms with Gasteiger partial charge in [0, 0.05) is 17.7 Å². The maximum Gasteiger partial charge on any atom is 0.325 e. The van der Waals surface area contributed by atoms with Gasteiger partial charge in [-0.2, -0.15) is 0 Å². The van der Waals surface area contributed by atoms with Crippen molar-refractivity contribution >= 4 is 27.7 Å². The van der Waals surface area contributed by atoms with Gasteiger partial charge in [0.2, 0.25) is 0 Å². The molecular formula is C10H13BrN2O2. The molecule has 0 aliphatic rings. The molecule has 0 bridgehead atoms. The molecule has 82 valence electrons. The van der Waals surface area contributed by atoms with Crippen molar-refractivity contribution in [2.24, 2.45) is 0 Å². The average Bonchev–Trinajstić information content (AvgIpc) is 2.18. The zero-order valence-corrected chi connectivity index (χ0v) is 10.3. The number of aromatic nitrogens is 1. The number of hydrogen-bond acceptors (Lipinski definition) is 4. The molecule has 0 spiro atoms. The van der Waals surface area contributed by atoms with Crippen molar-refractivity contribution in [2.45, 2.75) is 6.92 Å². The first-order valence-electron chi connectivity index (χ1n) is 4.61. The largest absolute Gasteiger partial charge is 0.465 e. The second-order valence-corrected chi connectivity index (χ2v) is 3.91. The Morgan fingerprint density at radius 2 is 2.33 bits per heavy atom. The van der Waals surface area contributed by atoms with E-state index in [-0.39, 0.29) is 12.5 Å². The number of pyridine rings is 1. The van der Waals surface area contributed by atoms with E-state index in [2.05, 4.69) is 20.9 Å². The lowest BCUT2D eigenvalue weighted by Gasteiger charge is -2.16. The van der Waals surface area contributed by atoms with Crippen LogP contribution < -0.4 is 4.90 Å². The Morgan fingerprint density at radius 1 is 1.60 bits per heavy atom. The Labute approximate surface area is 97.4 Å². The minimum absolute atomic E-state index is 0.211. The lowest BCUT2D eigenvalue weighted by Crippen LogP contribution is -2.27. The first-order valence-corrected chi connectivity index (χ1v) is 5.41. The van der Waals surface area contributed by atoms with E-state index in [1.165, 1.54) is 0 Å². The second-order valence-electron chi connectivity index (χ2n) is 3.00. The van der Waals surface area contributed by atoms with E-state index < -0.39 is 0 Å². The average molecular weight is 273 g/mol. The molecule has 1 aromatic rings. The number of rotatable bonds is 4. The molecule has 0 amide bonds. The molecule has 0 unspecified atom stereocenters. The molecule has 4 nitrogen and oxygen atoms in total. The number of hydrogen-bond donors (Lipinski definition) is 0. The minimum atomic E-state index is -0.246. The summed E-state index contributed by atoms with van der Waals surface area (Å²) in [7, 11) is 1.80. The quantitative estimate of drug-likeness (QED) is 0.785. The molecular weight excluding hydrogens is 260 g/mol. The molecule has 0 aromatic carbocycles. The van der Waals surface area contributed by atoms with Gasteiger partial charge in [-0.05, 0) is 35.0 Å². The summed E-state index contributed by atoms with van der Waals surface area (Å²) in [6, 6.07) is 3.72. The van der Waals surface area contributed by atoms with Crippen molar-refractivity contribution in [3.63, 3.8) is 0 Å². The molecule has 0 fully saturated rings. The fourth-order valence-corrected chi connectivity index (χ4v) is 1.31. The molecule has 0 saturated carbocycles. The van der Waals surface area contributed by atoms with Gasteiger partial charge in [0.25, 0.3) is 0 Å². The van der Waals surface area contributed by atoms with Crippen LogP contribution in [0.4, 0.5) is 5.82 Å². The Morgan fingerprint density at radius 3 is 2.87 bits per heavy atom. The van der Waals surface area contributed by atoms with E-state index in [1.807, 2.05) is 12.1 Å². The van der Waals surface area contributed by atoms with Gasteiger partial charge < -0.3 is 9.64 Å². The van der Waals surface area contributed by atoms with E-state index in [0.717, 1.165) is 10.3 Å². The van der Waals surface area contributed by atoms with Gasteiger partial charge in [0.1, 0.15) is 12.4 Å². The highest BCUT2D eigenvalue weighted by atomic mass is 79.9. The topological polar surface area (TPSA) is 42.4 Å². The van der Waals surface area contributed by atoms with E-state index >= 15 is 0 Å². The molecule has 0 aliphatic carbocycles. The van der Waals surface area contributed by atoms with Gasteiger partial charge in [-0.25, -0.2) is 4.98 Å². The fraction of sp³-hybridized carbons (Fsp3) is 0.400. The molecule has 1 aromatic heterocycles. The first-order chi connectivity index (χ1) is 7.13. The van der Waals surface area contributed by atoms with Crippen LogP contribution in [0.15, 0.2) is 22.8 Å². The van der Waals surface area contributed by atoms with Crippen molar-refractivity contribution in [1.29, 1.82) is 0 Å². The van der Waals surface area contributed by atoms with Gasteiger partial charge in [-0.1, -0.05) is 0 Å². The van der Waals surface area contributed by atoms with Gasteiger partial charge in [0.05, 0.1) is 6.61 Å². The predicted molar refractivity (Wildman–Crippen MR) is 61.8 cm³/mol. The smallest absolute Gasteiger partial charge is 0.325 e. The van der Waals surface area contributed by atoms with Crippen molar-refractivity contribution in [1.82, 2.24) is 4.98 Å². The summed E-state index contributed by atoms with van der Waals surface area (Å²) in [6.07, 6.45) is 1.69. The predicted octanol–water partition coefficient (Wildman–Crippen LogP) is 1.84. The Balaban J connectivity index is 2.57. The molecule has 15 heavy (non-hydrogen) atoms. The number of likely N-dealkylation sites (N-methyl/N-ethyl adjacent to an activating group) is 1. The third kappa shape index (κ3) is 3.87. The molecule has 0 atom stereocenters. The Hall–Kier alpha value is -1.10. The zero-order valence-electron chi connectivity index (χ0n) is 8.74. The highest BCUT2D eigenvalue weighted by Gasteiger charge is 2.08. The molecule has 1 heterocycles. The van der Waals surface area contributed by atoms with Crippen LogP contribution in [0.3, 0.4) is 0 Å². The first kappa shape index (κ1) is 12.0. The normalized spacial score (nSPS) is 9.80. The zero-order chi connectivity index (χ0) is 11.3. The lowest BCUT2D eigenvalue weighted by atomic mass is 10.4.